The molecule has 0 spiro atoms. The molecule has 12 heteroatoms. The number of sulfone groups is 1. The zero-order chi connectivity index (χ0) is 19.6. The standard InChI is InChI=1S/C14H17ClN6O4S/c1-5-21-14(17-18-19-21)16-12(22)8-6-7-9(26(4,24)25)10(11(8)15)13(23)20(2)3/h6-7H,5H2,1-4H3,(H,16,17,19,22). The summed E-state index contributed by atoms with van der Waals surface area (Å²) in [7, 11) is -0.835. The third-order valence-corrected chi connectivity index (χ3v) is 4.96. The van der Waals surface area contributed by atoms with Gasteiger partial charge in [0.2, 0.25) is 5.95 Å². The van der Waals surface area contributed by atoms with Crippen molar-refractivity contribution in [2.24, 2.45) is 0 Å². The second-order valence-corrected chi connectivity index (χ2v) is 7.91. The quantitative estimate of drug-likeness (QED) is 0.782. The van der Waals surface area contributed by atoms with Gasteiger partial charge in [0, 0.05) is 26.9 Å². The van der Waals surface area contributed by atoms with Gasteiger partial charge in [-0.3, -0.25) is 14.9 Å². The lowest BCUT2D eigenvalue weighted by Crippen LogP contribution is -2.26. The van der Waals surface area contributed by atoms with Crippen molar-refractivity contribution in [2.45, 2.75) is 18.4 Å². The first kappa shape index (κ1) is 19.8. The van der Waals surface area contributed by atoms with Crippen LogP contribution in [0.25, 0.3) is 0 Å². The summed E-state index contributed by atoms with van der Waals surface area (Å²) in [4.78, 5) is 25.9. The van der Waals surface area contributed by atoms with E-state index < -0.39 is 21.7 Å². The number of aromatic nitrogens is 4. The van der Waals surface area contributed by atoms with E-state index in [4.69, 9.17) is 11.6 Å². The summed E-state index contributed by atoms with van der Waals surface area (Å²) >= 11 is 6.24. The van der Waals surface area contributed by atoms with E-state index in [9.17, 15) is 18.0 Å². The summed E-state index contributed by atoms with van der Waals surface area (Å²) in [5, 5.41) is 13.0. The van der Waals surface area contributed by atoms with E-state index in [2.05, 4.69) is 20.8 Å². The van der Waals surface area contributed by atoms with Gasteiger partial charge in [0.1, 0.15) is 0 Å². The van der Waals surface area contributed by atoms with E-state index in [0.29, 0.717) is 6.54 Å². The summed E-state index contributed by atoms with van der Waals surface area (Å²) in [6, 6.07) is 2.41. The highest BCUT2D eigenvalue weighted by atomic mass is 35.5. The summed E-state index contributed by atoms with van der Waals surface area (Å²) in [6.45, 7) is 2.21. The molecule has 0 saturated heterocycles. The lowest BCUT2D eigenvalue weighted by Gasteiger charge is -2.16. The van der Waals surface area contributed by atoms with Gasteiger partial charge in [0.25, 0.3) is 11.8 Å². The average Bonchev–Trinajstić information content (AvgIpc) is 2.99. The Bertz CT molecular complexity index is 970. The molecule has 10 nitrogen and oxygen atoms in total. The number of anilines is 1. The van der Waals surface area contributed by atoms with Crippen molar-refractivity contribution in [3.8, 4) is 0 Å². The third kappa shape index (κ3) is 3.83. The van der Waals surface area contributed by atoms with Crippen molar-refractivity contribution in [3.05, 3.63) is 28.3 Å². The van der Waals surface area contributed by atoms with Crippen LogP contribution in [0.3, 0.4) is 0 Å². The Morgan fingerprint density at radius 3 is 2.50 bits per heavy atom. The number of hydrogen-bond acceptors (Lipinski definition) is 7. The first-order valence-corrected chi connectivity index (χ1v) is 9.66. The van der Waals surface area contributed by atoms with Crippen LogP contribution < -0.4 is 5.32 Å². The van der Waals surface area contributed by atoms with Gasteiger partial charge in [0.15, 0.2) is 9.84 Å². The number of carbonyl (C=O) groups is 2. The lowest BCUT2D eigenvalue weighted by atomic mass is 10.1. The number of halogens is 1. The molecular weight excluding hydrogens is 384 g/mol. The van der Waals surface area contributed by atoms with Gasteiger partial charge >= 0.3 is 0 Å². The van der Waals surface area contributed by atoms with Crippen LogP contribution in [0.2, 0.25) is 5.02 Å². The van der Waals surface area contributed by atoms with Crippen molar-refractivity contribution in [1.29, 1.82) is 0 Å². The summed E-state index contributed by atoms with van der Waals surface area (Å²) in [5.41, 5.74) is -0.336. The fraction of sp³-hybridized carbons (Fsp3) is 0.357. The average molecular weight is 401 g/mol. The number of rotatable bonds is 5. The highest BCUT2D eigenvalue weighted by Gasteiger charge is 2.27. The maximum Gasteiger partial charge on any atom is 0.259 e. The maximum atomic E-state index is 12.5. The molecule has 1 aromatic carbocycles. The fourth-order valence-corrected chi connectivity index (χ4v) is 3.40. The van der Waals surface area contributed by atoms with Crippen LogP contribution in [0.5, 0.6) is 0 Å². The molecule has 140 valence electrons. The van der Waals surface area contributed by atoms with Crippen LogP contribution >= 0.6 is 11.6 Å². The van der Waals surface area contributed by atoms with Crippen LogP contribution in [0.15, 0.2) is 17.0 Å². The molecule has 0 aliphatic rings. The summed E-state index contributed by atoms with van der Waals surface area (Å²) < 4.78 is 25.3. The van der Waals surface area contributed by atoms with Crippen LogP contribution in [0, 0.1) is 0 Å². The molecule has 0 aliphatic heterocycles. The second kappa shape index (κ2) is 7.38. The minimum absolute atomic E-state index is 0.0741. The second-order valence-electron chi connectivity index (χ2n) is 5.54. The summed E-state index contributed by atoms with van der Waals surface area (Å²) in [6.07, 6.45) is 0.959. The van der Waals surface area contributed by atoms with Crippen LogP contribution in [-0.4, -0.2) is 65.7 Å². The van der Waals surface area contributed by atoms with E-state index in [-0.39, 0.29) is 27.0 Å². The smallest absolute Gasteiger partial charge is 0.259 e. The Hall–Kier alpha value is -2.53. The highest BCUT2D eigenvalue weighted by molar-refractivity contribution is 7.90. The zero-order valence-electron chi connectivity index (χ0n) is 14.5. The minimum Gasteiger partial charge on any atom is -0.345 e. The molecule has 0 aliphatic carbocycles. The maximum absolute atomic E-state index is 12.5. The predicted octanol–water partition coefficient (Wildman–Crippen LogP) is 0.704. The summed E-state index contributed by atoms with van der Waals surface area (Å²) in [5.74, 6) is -1.21. The number of tetrazole rings is 1. The van der Waals surface area contributed by atoms with E-state index in [1.54, 1.807) is 6.92 Å². The fourth-order valence-electron chi connectivity index (χ4n) is 2.14. The molecule has 0 fully saturated rings. The first-order valence-electron chi connectivity index (χ1n) is 7.39. The molecule has 26 heavy (non-hydrogen) atoms. The Kier molecular flexibility index (Phi) is 5.62. The number of amides is 2. The molecule has 0 bridgehead atoms. The zero-order valence-corrected chi connectivity index (χ0v) is 16.1. The van der Waals surface area contributed by atoms with Gasteiger partial charge in [0.05, 0.1) is 21.0 Å². The first-order chi connectivity index (χ1) is 12.1. The number of carbonyl (C=O) groups excluding carboxylic acids is 2. The molecule has 0 radical (unpaired) electrons. The van der Waals surface area contributed by atoms with Gasteiger partial charge in [-0.25, -0.2) is 13.1 Å². The molecule has 0 unspecified atom stereocenters. The Morgan fingerprint density at radius 1 is 1.31 bits per heavy atom. The molecule has 1 N–H and O–H groups in total. The largest absolute Gasteiger partial charge is 0.345 e. The topological polar surface area (TPSA) is 127 Å². The third-order valence-electron chi connectivity index (χ3n) is 3.42. The molecule has 0 saturated carbocycles. The lowest BCUT2D eigenvalue weighted by molar-refractivity contribution is 0.0824. The van der Waals surface area contributed by atoms with Crippen LogP contribution in [0.4, 0.5) is 5.95 Å². The van der Waals surface area contributed by atoms with Gasteiger partial charge in [-0.2, -0.15) is 0 Å². The molecule has 1 heterocycles. The Balaban J connectivity index is 2.55. The Labute approximate surface area is 155 Å². The molecule has 0 atom stereocenters. The van der Waals surface area contributed by atoms with Crippen molar-refractivity contribution < 1.29 is 18.0 Å². The molecular formula is C14H17ClN6O4S. The minimum atomic E-state index is -3.74. The number of nitrogens with one attached hydrogen (secondary N) is 1. The SMILES string of the molecule is CCn1nnnc1NC(=O)c1ccc(S(C)(=O)=O)c(C(=O)N(C)C)c1Cl. The normalized spacial score (nSPS) is 11.3. The predicted molar refractivity (Wildman–Crippen MR) is 94.0 cm³/mol. The van der Waals surface area contributed by atoms with Gasteiger partial charge in [-0.05, 0) is 29.5 Å². The number of benzene rings is 1. The van der Waals surface area contributed by atoms with Gasteiger partial charge < -0.3 is 4.90 Å². The van der Waals surface area contributed by atoms with E-state index in [1.807, 2.05) is 0 Å². The van der Waals surface area contributed by atoms with E-state index >= 15 is 0 Å². The monoisotopic (exact) mass is 400 g/mol. The van der Waals surface area contributed by atoms with Gasteiger partial charge in [-0.1, -0.05) is 16.7 Å². The Morgan fingerprint density at radius 2 is 1.96 bits per heavy atom. The van der Waals surface area contributed by atoms with Gasteiger partial charge in [-0.15, -0.1) is 0 Å². The number of aryl methyl sites for hydroxylation is 1. The molecule has 1 aromatic heterocycles. The molecule has 2 rings (SSSR count). The number of nitrogens with zero attached hydrogens (tertiary/aromatic N) is 5. The molecule has 2 aromatic rings. The van der Waals surface area contributed by atoms with E-state index in [0.717, 1.165) is 6.26 Å². The van der Waals surface area contributed by atoms with Crippen molar-refractivity contribution in [2.75, 3.05) is 25.7 Å². The van der Waals surface area contributed by atoms with E-state index in [1.165, 1.54) is 35.8 Å². The van der Waals surface area contributed by atoms with Crippen molar-refractivity contribution in [3.63, 3.8) is 0 Å². The van der Waals surface area contributed by atoms with Crippen LogP contribution in [0.1, 0.15) is 27.6 Å². The highest BCUT2D eigenvalue weighted by Crippen LogP contribution is 2.29. The number of hydrogen-bond donors (Lipinski definition) is 1. The van der Waals surface area contributed by atoms with Crippen LogP contribution in [-0.2, 0) is 16.4 Å². The van der Waals surface area contributed by atoms with Crippen molar-refractivity contribution >= 4 is 39.2 Å². The molecule has 2 amide bonds. The van der Waals surface area contributed by atoms with Crippen molar-refractivity contribution in [1.82, 2.24) is 25.1 Å².